The van der Waals surface area contributed by atoms with Crippen molar-refractivity contribution in [3.8, 4) is 0 Å². The number of carbonyl (C=O) groups excluding carboxylic acids is 1. The molecule has 1 aromatic rings. The second-order valence-electron chi connectivity index (χ2n) is 4.19. The normalized spacial score (nSPS) is 10.6. The van der Waals surface area contributed by atoms with Crippen molar-refractivity contribution in [3.05, 3.63) is 11.1 Å². The minimum Gasteiger partial charge on any atom is -0.375 e. The van der Waals surface area contributed by atoms with E-state index in [1.54, 1.807) is 6.20 Å². The summed E-state index contributed by atoms with van der Waals surface area (Å²) in [7, 11) is 0. The highest BCUT2D eigenvalue weighted by molar-refractivity contribution is 7.15. The third kappa shape index (κ3) is 6.45. The van der Waals surface area contributed by atoms with Gasteiger partial charge in [-0.15, -0.1) is 23.7 Å². The molecular formula is C10H19ClN4OS. The largest absolute Gasteiger partial charge is 0.375 e. The van der Waals surface area contributed by atoms with Crippen molar-refractivity contribution in [1.82, 2.24) is 9.88 Å². The predicted molar refractivity (Wildman–Crippen MR) is 73.1 cm³/mol. The van der Waals surface area contributed by atoms with Crippen LogP contribution in [0.3, 0.4) is 0 Å². The van der Waals surface area contributed by atoms with Gasteiger partial charge in [-0.25, -0.2) is 4.98 Å². The molecule has 1 heterocycles. The van der Waals surface area contributed by atoms with Gasteiger partial charge in [0.2, 0.25) is 5.91 Å². The molecule has 5 nitrogen and oxygen atoms in total. The Morgan fingerprint density at radius 1 is 1.59 bits per heavy atom. The van der Waals surface area contributed by atoms with Gasteiger partial charge in [-0.1, -0.05) is 13.8 Å². The summed E-state index contributed by atoms with van der Waals surface area (Å²) in [5, 5.41) is 0.554. The summed E-state index contributed by atoms with van der Waals surface area (Å²) in [4.78, 5) is 18.0. The van der Waals surface area contributed by atoms with Gasteiger partial charge in [0.25, 0.3) is 0 Å². The number of hydrogen-bond donors (Lipinski definition) is 2. The first kappa shape index (κ1) is 16.1. The molecule has 0 saturated carbocycles. The summed E-state index contributed by atoms with van der Waals surface area (Å²) in [6.07, 6.45) is 1.74. The quantitative estimate of drug-likeness (QED) is 0.816. The number of aromatic nitrogens is 1. The minimum atomic E-state index is -0.307. The van der Waals surface area contributed by atoms with Gasteiger partial charge in [-0.05, 0) is 5.92 Å². The van der Waals surface area contributed by atoms with Crippen LogP contribution >= 0.6 is 23.7 Å². The first-order valence-electron chi connectivity index (χ1n) is 5.18. The molecular weight excluding hydrogens is 260 g/mol. The first-order valence-corrected chi connectivity index (χ1v) is 6.00. The third-order valence-electron chi connectivity index (χ3n) is 1.95. The Kier molecular flexibility index (Phi) is 7.10. The molecule has 1 aromatic heterocycles. The highest BCUT2D eigenvalue weighted by Gasteiger charge is 2.12. The number of nitrogen functional groups attached to an aromatic ring is 1. The number of carbonyl (C=O) groups is 1. The van der Waals surface area contributed by atoms with Gasteiger partial charge in [0.1, 0.15) is 0 Å². The number of thiazole rings is 1. The molecule has 0 unspecified atom stereocenters. The Morgan fingerprint density at radius 3 is 2.65 bits per heavy atom. The molecule has 0 radical (unpaired) electrons. The topological polar surface area (TPSA) is 85.2 Å². The van der Waals surface area contributed by atoms with E-state index in [9.17, 15) is 4.79 Å². The van der Waals surface area contributed by atoms with Crippen LogP contribution < -0.4 is 11.5 Å². The van der Waals surface area contributed by atoms with Crippen molar-refractivity contribution in [2.24, 2.45) is 11.7 Å². The summed E-state index contributed by atoms with van der Waals surface area (Å²) in [6, 6.07) is 0. The average Bonchev–Trinajstić information content (AvgIpc) is 2.48. The molecule has 1 rings (SSSR count). The lowest BCUT2D eigenvalue weighted by molar-refractivity contribution is -0.119. The van der Waals surface area contributed by atoms with Crippen LogP contribution in [-0.2, 0) is 11.3 Å². The summed E-state index contributed by atoms with van der Waals surface area (Å²) in [5.74, 6) is 0.183. The van der Waals surface area contributed by atoms with Crippen molar-refractivity contribution in [2.75, 3.05) is 18.8 Å². The Balaban J connectivity index is 0.00000256. The van der Waals surface area contributed by atoms with E-state index in [4.69, 9.17) is 11.5 Å². The van der Waals surface area contributed by atoms with E-state index in [2.05, 4.69) is 18.8 Å². The highest BCUT2D eigenvalue weighted by Crippen LogP contribution is 2.16. The van der Waals surface area contributed by atoms with Gasteiger partial charge in [0.15, 0.2) is 5.13 Å². The van der Waals surface area contributed by atoms with Crippen molar-refractivity contribution >= 4 is 34.8 Å². The van der Waals surface area contributed by atoms with Gasteiger partial charge in [0, 0.05) is 24.2 Å². The zero-order chi connectivity index (χ0) is 12.1. The van der Waals surface area contributed by atoms with Crippen molar-refractivity contribution in [3.63, 3.8) is 0 Å². The van der Waals surface area contributed by atoms with Crippen LogP contribution in [0.1, 0.15) is 18.7 Å². The molecule has 17 heavy (non-hydrogen) atoms. The lowest BCUT2D eigenvalue weighted by Gasteiger charge is -2.21. The van der Waals surface area contributed by atoms with Crippen LogP contribution in [-0.4, -0.2) is 28.9 Å². The lowest BCUT2D eigenvalue weighted by atomic mass is 10.2. The summed E-state index contributed by atoms with van der Waals surface area (Å²) < 4.78 is 0. The average molecular weight is 279 g/mol. The molecule has 0 fully saturated rings. The van der Waals surface area contributed by atoms with Crippen LogP contribution in [0.4, 0.5) is 5.13 Å². The SMILES string of the molecule is CC(C)CN(CC(N)=O)Cc1cnc(N)s1.Cl. The second-order valence-corrected chi connectivity index (χ2v) is 5.34. The van der Waals surface area contributed by atoms with Gasteiger partial charge in [-0.2, -0.15) is 0 Å². The van der Waals surface area contributed by atoms with Gasteiger partial charge in [0.05, 0.1) is 6.54 Å². The molecule has 4 N–H and O–H groups in total. The van der Waals surface area contributed by atoms with Gasteiger partial charge >= 0.3 is 0 Å². The van der Waals surface area contributed by atoms with E-state index < -0.39 is 0 Å². The van der Waals surface area contributed by atoms with E-state index in [0.717, 1.165) is 11.4 Å². The number of hydrogen-bond acceptors (Lipinski definition) is 5. The maximum absolute atomic E-state index is 10.9. The highest BCUT2D eigenvalue weighted by atomic mass is 35.5. The predicted octanol–water partition coefficient (Wildman–Crippen LogP) is 1.09. The number of primary amides is 1. The number of amides is 1. The fourth-order valence-corrected chi connectivity index (χ4v) is 2.26. The van der Waals surface area contributed by atoms with Crippen molar-refractivity contribution < 1.29 is 4.79 Å². The van der Waals surface area contributed by atoms with E-state index in [-0.39, 0.29) is 24.9 Å². The molecule has 0 aliphatic heterocycles. The fraction of sp³-hybridized carbons (Fsp3) is 0.600. The van der Waals surface area contributed by atoms with Crippen LogP contribution in [0.5, 0.6) is 0 Å². The fourth-order valence-electron chi connectivity index (χ4n) is 1.54. The number of anilines is 1. The lowest BCUT2D eigenvalue weighted by Crippen LogP contribution is -2.35. The van der Waals surface area contributed by atoms with Gasteiger partial charge < -0.3 is 11.5 Å². The molecule has 0 aromatic carbocycles. The summed E-state index contributed by atoms with van der Waals surface area (Å²) in [5.41, 5.74) is 10.8. The number of nitrogens with zero attached hydrogens (tertiary/aromatic N) is 2. The monoisotopic (exact) mass is 278 g/mol. The molecule has 0 aliphatic carbocycles. The summed E-state index contributed by atoms with van der Waals surface area (Å²) >= 11 is 1.44. The van der Waals surface area contributed by atoms with E-state index in [1.165, 1.54) is 11.3 Å². The van der Waals surface area contributed by atoms with Gasteiger partial charge in [-0.3, -0.25) is 9.69 Å². The van der Waals surface area contributed by atoms with Crippen LogP contribution in [0.2, 0.25) is 0 Å². The Labute approximate surface area is 112 Å². The zero-order valence-corrected chi connectivity index (χ0v) is 11.7. The van der Waals surface area contributed by atoms with Crippen LogP contribution in [0.15, 0.2) is 6.20 Å². The molecule has 98 valence electrons. The first-order chi connectivity index (χ1) is 7.47. The van der Waals surface area contributed by atoms with Crippen LogP contribution in [0.25, 0.3) is 0 Å². The zero-order valence-electron chi connectivity index (χ0n) is 10.0. The smallest absolute Gasteiger partial charge is 0.231 e. The maximum atomic E-state index is 10.9. The number of nitrogens with two attached hydrogens (primary N) is 2. The van der Waals surface area contributed by atoms with E-state index >= 15 is 0 Å². The molecule has 0 saturated heterocycles. The molecule has 0 spiro atoms. The minimum absolute atomic E-state index is 0. The Morgan fingerprint density at radius 2 is 2.24 bits per heavy atom. The van der Waals surface area contributed by atoms with Crippen molar-refractivity contribution in [2.45, 2.75) is 20.4 Å². The standard InChI is InChI=1S/C10H18N4OS.ClH/c1-7(2)4-14(6-9(11)15)5-8-3-13-10(12)16-8;/h3,7H,4-6H2,1-2H3,(H2,11,15)(H2,12,13);1H. The molecule has 1 amide bonds. The van der Waals surface area contributed by atoms with E-state index in [1.807, 2.05) is 4.90 Å². The van der Waals surface area contributed by atoms with E-state index in [0.29, 0.717) is 17.6 Å². The molecule has 0 aliphatic rings. The number of rotatable bonds is 6. The second kappa shape index (κ2) is 7.47. The number of halogens is 1. The van der Waals surface area contributed by atoms with Crippen molar-refractivity contribution in [1.29, 1.82) is 0 Å². The molecule has 0 bridgehead atoms. The van der Waals surface area contributed by atoms with Crippen LogP contribution in [0, 0.1) is 5.92 Å². The third-order valence-corrected chi connectivity index (χ3v) is 2.76. The summed E-state index contributed by atoms with van der Waals surface area (Å²) in [6.45, 7) is 6.00. The Bertz CT molecular complexity index is 356. The molecule has 0 atom stereocenters. The maximum Gasteiger partial charge on any atom is 0.231 e. The Hall–Kier alpha value is -0.850. The molecule has 7 heteroatoms.